The number of carbonyl (C=O) groups excluding carboxylic acids is 1. The molecular weight excluding hydrogens is 222 g/mol. The minimum atomic E-state index is -1.58. The van der Waals surface area contributed by atoms with Gasteiger partial charge in [0.05, 0.1) is 12.5 Å². The highest BCUT2D eigenvalue weighted by Gasteiger charge is 2.15. The zero-order valence-electron chi connectivity index (χ0n) is 9.74. The molecule has 0 fully saturated rings. The smallest absolute Gasteiger partial charge is 0.242 e. The van der Waals surface area contributed by atoms with Gasteiger partial charge in [0, 0.05) is 5.69 Å². The van der Waals surface area contributed by atoms with E-state index in [0.717, 1.165) is 11.4 Å². The minimum absolute atomic E-state index is 0.186. The molecule has 16 heavy (non-hydrogen) atoms. The fourth-order valence-electron chi connectivity index (χ4n) is 1.17. The Bertz CT molecular complexity index is 356. The molecule has 0 aromatic heterocycles. The zero-order valence-corrected chi connectivity index (χ0v) is 10.7. The van der Waals surface area contributed by atoms with Crippen LogP contribution < -0.4 is 14.8 Å². The summed E-state index contributed by atoms with van der Waals surface area (Å²) in [5.41, 5.74) is 0.743. The Morgan fingerprint density at radius 3 is 2.31 bits per heavy atom. The van der Waals surface area contributed by atoms with Gasteiger partial charge in [0.1, 0.15) is 5.75 Å². The van der Waals surface area contributed by atoms with E-state index < -0.39 is 14.3 Å². The molecule has 0 heterocycles. The maximum Gasteiger partial charge on any atom is 0.242 e. The second-order valence-corrected chi connectivity index (χ2v) is 8.89. The molecule has 0 saturated carbocycles. The third-order valence-electron chi connectivity index (χ3n) is 1.72. The van der Waals surface area contributed by atoms with Crippen LogP contribution in [-0.2, 0) is 4.79 Å². The molecule has 0 unspecified atom stereocenters. The average Bonchev–Trinajstić information content (AvgIpc) is 2.14. The van der Waals surface area contributed by atoms with Crippen molar-refractivity contribution in [3.63, 3.8) is 0 Å². The summed E-state index contributed by atoms with van der Waals surface area (Å²) in [4.78, 5) is 10.2. The number of nitrogens with one attached hydrogen (secondary N) is 1. The van der Waals surface area contributed by atoms with E-state index in [1.807, 2.05) is 12.1 Å². The van der Waals surface area contributed by atoms with Gasteiger partial charge in [-0.3, -0.25) is 0 Å². The van der Waals surface area contributed by atoms with E-state index in [1.165, 1.54) is 0 Å². The number of aliphatic carboxylic acids is 1. The van der Waals surface area contributed by atoms with Gasteiger partial charge in [-0.25, -0.2) is 0 Å². The molecule has 1 aromatic rings. The van der Waals surface area contributed by atoms with Crippen LogP contribution in [0.4, 0.5) is 5.69 Å². The van der Waals surface area contributed by atoms with Gasteiger partial charge >= 0.3 is 0 Å². The number of hydrogen-bond acceptors (Lipinski definition) is 4. The van der Waals surface area contributed by atoms with Crippen molar-refractivity contribution in [2.75, 3.05) is 11.9 Å². The van der Waals surface area contributed by atoms with Gasteiger partial charge in [-0.1, -0.05) is 0 Å². The van der Waals surface area contributed by atoms with Crippen LogP contribution in [-0.4, -0.2) is 20.8 Å². The number of carboxylic acid groups (broad SMARTS) is 1. The third kappa shape index (κ3) is 4.84. The van der Waals surface area contributed by atoms with Crippen molar-refractivity contribution in [1.29, 1.82) is 0 Å². The van der Waals surface area contributed by atoms with Gasteiger partial charge in [-0.05, 0) is 43.9 Å². The second-order valence-electron chi connectivity index (χ2n) is 4.46. The molecule has 0 atom stereocenters. The van der Waals surface area contributed by atoms with E-state index in [9.17, 15) is 9.90 Å². The maximum atomic E-state index is 10.2. The van der Waals surface area contributed by atoms with Crippen LogP contribution in [0.3, 0.4) is 0 Å². The number of carboxylic acids is 1. The van der Waals surface area contributed by atoms with Crippen molar-refractivity contribution >= 4 is 20.0 Å². The van der Waals surface area contributed by atoms with Crippen LogP contribution in [0.15, 0.2) is 24.3 Å². The van der Waals surface area contributed by atoms with Gasteiger partial charge in [-0.15, -0.1) is 0 Å². The lowest BCUT2D eigenvalue weighted by Crippen LogP contribution is -2.30. The van der Waals surface area contributed by atoms with Crippen molar-refractivity contribution in [1.82, 2.24) is 0 Å². The lowest BCUT2D eigenvalue weighted by molar-refractivity contribution is -0.302. The number of anilines is 1. The van der Waals surface area contributed by atoms with E-state index >= 15 is 0 Å². The molecule has 0 aliphatic rings. The van der Waals surface area contributed by atoms with Gasteiger partial charge in [-0.2, -0.15) is 0 Å². The van der Waals surface area contributed by atoms with Gasteiger partial charge in [0.15, 0.2) is 0 Å². The topological polar surface area (TPSA) is 61.4 Å². The van der Waals surface area contributed by atoms with Gasteiger partial charge < -0.3 is 19.6 Å². The van der Waals surface area contributed by atoms with Crippen LogP contribution >= 0.6 is 0 Å². The van der Waals surface area contributed by atoms with E-state index in [2.05, 4.69) is 25.0 Å². The third-order valence-corrected chi connectivity index (χ3v) is 2.56. The summed E-state index contributed by atoms with van der Waals surface area (Å²) in [5.74, 6) is -0.305. The number of rotatable bonds is 5. The van der Waals surface area contributed by atoms with Crippen molar-refractivity contribution in [3.05, 3.63) is 24.3 Å². The number of carbonyl (C=O) groups is 1. The zero-order chi connectivity index (χ0) is 12.2. The molecule has 0 saturated heterocycles. The van der Waals surface area contributed by atoms with Crippen molar-refractivity contribution < 1.29 is 14.3 Å². The number of benzene rings is 1. The van der Waals surface area contributed by atoms with Crippen LogP contribution in [0, 0.1) is 0 Å². The molecule has 5 heteroatoms. The predicted molar refractivity (Wildman–Crippen MR) is 63.9 cm³/mol. The highest BCUT2D eigenvalue weighted by atomic mass is 28.4. The summed E-state index contributed by atoms with van der Waals surface area (Å²) in [7, 11) is -1.58. The minimum Gasteiger partial charge on any atom is -0.548 e. The predicted octanol–water partition coefficient (Wildman–Crippen LogP) is 1.06. The van der Waals surface area contributed by atoms with Crippen molar-refractivity contribution in [2.24, 2.45) is 0 Å². The molecule has 0 amide bonds. The highest BCUT2D eigenvalue weighted by Crippen LogP contribution is 2.18. The average molecular weight is 238 g/mol. The van der Waals surface area contributed by atoms with Crippen molar-refractivity contribution in [2.45, 2.75) is 19.6 Å². The summed E-state index contributed by atoms with van der Waals surface area (Å²) < 4.78 is 5.76. The first-order valence-corrected chi connectivity index (χ1v) is 8.50. The molecule has 0 aliphatic heterocycles. The van der Waals surface area contributed by atoms with E-state index in [0.29, 0.717) is 0 Å². The first kappa shape index (κ1) is 12.6. The summed E-state index contributed by atoms with van der Waals surface area (Å²) in [6, 6.07) is 7.24. The second kappa shape index (κ2) is 5.02. The normalized spacial score (nSPS) is 10.9. The fourth-order valence-corrected chi connectivity index (χ4v) is 2.01. The SMILES string of the molecule is C[Si](C)(C)Oc1ccc(NCC(=O)[O-])cc1. The lowest BCUT2D eigenvalue weighted by atomic mass is 10.3. The number of hydrogen-bond donors (Lipinski definition) is 1. The molecule has 0 radical (unpaired) electrons. The molecule has 1 rings (SSSR count). The molecule has 0 aliphatic carbocycles. The summed E-state index contributed by atoms with van der Waals surface area (Å²) >= 11 is 0. The maximum absolute atomic E-state index is 10.2. The molecule has 88 valence electrons. The lowest BCUT2D eigenvalue weighted by Gasteiger charge is -2.19. The molecule has 0 bridgehead atoms. The first-order chi connectivity index (χ1) is 7.37. The Labute approximate surface area is 96.4 Å². The standard InChI is InChI=1S/C11H17NO3Si/c1-16(2,3)15-10-6-4-9(5-7-10)12-8-11(13)14/h4-7,12H,8H2,1-3H3,(H,13,14)/p-1. The van der Waals surface area contributed by atoms with Crippen LogP contribution in [0.2, 0.25) is 19.6 Å². The molecule has 1 aromatic carbocycles. The molecule has 1 N–H and O–H groups in total. The van der Waals surface area contributed by atoms with Crippen molar-refractivity contribution in [3.8, 4) is 5.75 Å². The Balaban J connectivity index is 2.57. The Morgan fingerprint density at radius 1 is 1.31 bits per heavy atom. The van der Waals surface area contributed by atoms with E-state index in [1.54, 1.807) is 12.1 Å². The quantitative estimate of drug-likeness (QED) is 0.779. The molecule has 4 nitrogen and oxygen atoms in total. The van der Waals surface area contributed by atoms with Gasteiger partial charge in [0.25, 0.3) is 0 Å². The van der Waals surface area contributed by atoms with E-state index in [4.69, 9.17) is 4.43 Å². The largest absolute Gasteiger partial charge is 0.548 e. The summed E-state index contributed by atoms with van der Waals surface area (Å²) in [6.45, 7) is 6.13. The van der Waals surface area contributed by atoms with E-state index in [-0.39, 0.29) is 6.54 Å². The first-order valence-electron chi connectivity index (χ1n) is 5.09. The molecule has 0 spiro atoms. The Morgan fingerprint density at radius 2 is 1.88 bits per heavy atom. The highest BCUT2D eigenvalue weighted by molar-refractivity contribution is 6.70. The monoisotopic (exact) mass is 238 g/mol. The summed E-state index contributed by atoms with van der Waals surface area (Å²) in [5, 5.41) is 13.0. The Hall–Kier alpha value is -1.49. The van der Waals surface area contributed by atoms with Gasteiger partial charge in [0.2, 0.25) is 8.32 Å². The fraction of sp³-hybridized carbons (Fsp3) is 0.364. The van der Waals surface area contributed by atoms with Crippen LogP contribution in [0.1, 0.15) is 0 Å². The van der Waals surface area contributed by atoms with Crippen LogP contribution in [0.25, 0.3) is 0 Å². The summed E-state index contributed by atoms with van der Waals surface area (Å²) in [6.07, 6.45) is 0. The Kier molecular flexibility index (Phi) is 3.95. The molecular formula is C11H16NO3Si-. The van der Waals surface area contributed by atoms with Crippen LogP contribution in [0.5, 0.6) is 5.75 Å².